The minimum absolute atomic E-state index is 0.00614. The number of amides is 2. The molecule has 2 amide bonds. The van der Waals surface area contributed by atoms with Crippen LogP contribution < -0.4 is 4.90 Å². The molecule has 0 N–H and O–H groups in total. The first kappa shape index (κ1) is 21.9. The van der Waals surface area contributed by atoms with E-state index in [9.17, 15) is 28.0 Å². The molecule has 32 heavy (non-hydrogen) atoms. The number of likely N-dealkylation sites (tertiary alicyclic amines) is 1. The Morgan fingerprint density at radius 3 is 2.50 bits per heavy atom. The van der Waals surface area contributed by atoms with Gasteiger partial charge in [-0.2, -0.15) is 18.4 Å². The van der Waals surface area contributed by atoms with Gasteiger partial charge in [0.15, 0.2) is 0 Å². The number of likely N-dealkylation sites (N-methyl/N-ethyl adjacent to an activating group) is 1. The van der Waals surface area contributed by atoms with Gasteiger partial charge in [0.1, 0.15) is 0 Å². The molecule has 2 aromatic rings. The number of carbonyl (C=O) groups excluding carboxylic acids is 2. The molecular weight excluding hydrogens is 419 g/mol. The van der Waals surface area contributed by atoms with E-state index in [4.69, 9.17) is 0 Å². The second-order valence-corrected chi connectivity index (χ2v) is 8.33. The first-order valence-electron chi connectivity index (χ1n) is 10.4. The number of aryl methyl sites for hydroxylation is 1. The summed E-state index contributed by atoms with van der Waals surface area (Å²) in [5.41, 5.74) is 0.694. The zero-order chi connectivity index (χ0) is 23.1. The minimum Gasteiger partial charge on any atom is -0.343 e. The number of hydrogen-bond donors (Lipinski definition) is 0. The van der Waals surface area contributed by atoms with Gasteiger partial charge in [-0.25, -0.2) is 0 Å². The van der Waals surface area contributed by atoms with E-state index in [1.165, 1.54) is 18.2 Å². The summed E-state index contributed by atoms with van der Waals surface area (Å²) in [5.74, 6) is -0.268. The van der Waals surface area contributed by atoms with E-state index in [0.29, 0.717) is 31.5 Å². The van der Waals surface area contributed by atoms with Gasteiger partial charge in [0.25, 0.3) is 0 Å². The van der Waals surface area contributed by atoms with Crippen molar-refractivity contribution in [3.05, 3.63) is 64.7 Å². The Hall–Kier alpha value is -3.34. The molecule has 166 valence electrons. The molecule has 0 saturated carbocycles. The van der Waals surface area contributed by atoms with Gasteiger partial charge in [0, 0.05) is 32.2 Å². The van der Waals surface area contributed by atoms with Crippen molar-refractivity contribution in [2.75, 3.05) is 25.0 Å². The van der Waals surface area contributed by atoms with Crippen LogP contribution >= 0.6 is 0 Å². The van der Waals surface area contributed by atoms with Gasteiger partial charge >= 0.3 is 6.18 Å². The molecule has 1 saturated heterocycles. The van der Waals surface area contributed by atoms with Crippen LogP contribution in [0.2, 0.25) is 0 Å². The van der Waals surface area contributed by atoms with E-state index in [-0.39, 0.29) is 30.2 Å². The van der Waals surface area contributed by atoms with Gasteiger partial charge < -0.3 is 9.80 Å². The fraction of sp³-hybridized carbons (Fsp3) is 0.375. The van der Waals surface area contributed by atoms with E-state index < -0.39 is 17.2 Å². The van der Waals surface area contributed by atoms with Crippen LogP contribution in [-0.2, 0) is 27.6 Å². The van der Waals surface area contributed by atoms with E-state index in [1.54, 1.807) is 35.0 Å². The number of carbonyl (C=O) groups is 2. The molecule has 2 aliphatic rings. The monoisotopic (exact) mass is 441 g/mol. The van der Waals surface area contributed by atoms with Crippen LogP contribution in [0.4, 0.5) is 18.9 Å². The lowest BCUT2D eigenvalue weighted by Crippen LogP contribution is -2.49. The maximum absolute atomic E-state index is 13.2. The lowest BCUT2D eigenvalue weighted by molar-refractivity contribution is -0.139. The molecule has 1 spiro atoms. The second-order valence-electron chi connectivity index (χ2n) is 8.33. The summed E-state index contributed by atoms with van der Waals surface area (Å²) in [4.78, 5) is 29.0. The number of benzene rings is 2. The molecule has 8 heteroatoms. The van der Waals surface area contributed by atoms with Crippen LogP contribution in [0, 0.1) is 11.3 Å². The topological polar surface area (TPSA) is 64.4 Å². The highest BCUT2D eigenvalue weighted by atomic mass is 19.4. The molecule has 0 unspecified atom stereocenters. The highest BCUT2D eigenvalue weighted by Gasteiger charge is 2.51. The highest BCUT2D eigenvalue weighted by molar-refractivity contribution is 6.08. The Bertz CT molecular complexity index is 1110. The molecular formula is C24H22F3N3O2. The molecule has 5 nitrogen and oxygen atoms in total. The number of piperidine rings is 1. The van der Waals surface area contributed by atoms with Crippen molar-refractivity contribution in [1.82, 2.24) is 4.90 Å². The predicted octanol–water partition coefficient (Wildman–Crippen LogP) is 4.05. The fourth-order valence-electron chi connectivity index (χ4n) is 4.86. The smallest absolute Gasteiger partial charge is 0.343 e. The largest absolute Gasteiger partial charge is 0.416 e. The molecule has 0 radical (unpaired) electrons. The summed E-state index contributed by atoms with van der Waals surface area (Å²) < 4.78 is 39.6. The number of fused-ring (bicyclic) bond motifs is 2. The summed E-state index contributed by atoms with van der Waals surface area (Å²) in [7, 11) is 1.71. The maximum atomic E-state index is 13.2. The molecule has 2 aromatic carbocycles. The predicted molar refractivity (Wildman–Crippen MR) is 112 cm³/mol. The number of halogens is 3. The van der Waals surface area contributed by atoms with Crippen molar-refractivity contribution in [3.8, 4) is 6.07 Å². The molecule has 2 heterocycles. The quantitative estimate of drug-likeness (QED) is 0.722. The first-order valence-corrected chi connectivity index (χ1v) is 10.4. The molecule has 0 atom stereocenters. The molecule has 2 aliphatic heterocycles. The SMILES string of the molecule is CN1C(=O)C2(CCN(C(=O)CCc3ccccc3C(F)(F)F)CC2)c2cc(C#N)ccc21. The van der Waals surface area contributed by atoms with Gasteiger partial charge in [-0.1, -0.05) is 18.2 Å². The van der Waals surface area contributed by atoms with Crippen molar-refractivity contribution in [3.63, 3.8) is 0 Å². The number of nitrogens with zero attached hydrogens (tertiary/aromatic N) is 3. The van der Waals surface area contributed by atoms with E-state index in [0.717, 1.165) is 17.3 Å². The van der Waals surface area contributed by atoms with Crippen LogP contribution in [0.15, 0.2) is 42.5 Å². The fourth-order valence-corrected chi connectivity index (χ4v) is 4.86. The Morgan fingerprint density at radius 2 is 1.84 bits per heavy atom. The second kappa shape index (κ2) is 7.97. The molecule has 0 bridgehead atoms. The standard InChI is InChI=1S/C24H22F3N3O2/c1-29-20-8-6-16(15-28)14-19(20)23(22(29)32)10-12-30(13-11-23)21(31)9-7-17-4-2-3-5-18(17)24(25,26)27/h2-6,8,14H,7,9-13H2,1H3. The van der Waals surface area contributed by atoms with E-state index in [1.807, 2.05) is 0 Å². The minimum atomic E-state index is -4.46. The Kier molecular flexibility index (Phi) is 5.45. The van der Waals surface area contributed by atoms with Gasteiger partial charge in [0.05, 0.1) is 22.6 Å². The normalized spacial score (nSPS) is 17.4. The number of rotatable bonds is 3. The highest BCUT2D eigenvalue weighted by Crippen LogP contribution is 2.47. The summed E-state index contributed by atoms with van der Waals surface area (Å²) in [5, 5.41) is 9.25. The van der Waals surface area contributed by atoms with Gasteiger partial charge in [-0.05, 0) is 54.7 Å². The number of hydrogen-bond acceptors (Lipinski definition) is 3. The summed E-state index contributed by atoms with van der Waals surface area (Å²) >= 11 is 0. The molecule has 4 rings (SSSR count). The zero-order valence-electron chi connectivity index (χ0n) is 17.6. The van der Waals surface area contributed by atoms with E-state index in [2.05, 4.69) is 6.07 Å². The van der Waals surface area contributed by atoms with Crippen molar-refractivity contribution < 1.29 is 22.8 Å². The first-order chi connectivity index (χ1) is 15.2. The molecule has 0 aromatic heterocycles. The average molecular weight is 441 g/mol. The van der Waals surface area contributed by atoms with Crippen LogP contribution in [-0.4, -0.2) is 36.9 Å². The zero-order valence-corrected chi connectivity index (χ0v) is 17.6. The van der Waals surface area contributed by atoms with Gasteiger partial charge in [0.2, 0.25) is 11.8 Å². The van der Waals surface area contributed by atoms with Crippen LogP contribution in [0.1, 0.15) is 41.5 Å². The average Bonchev–Trinajstić information content (AvgIpc) is 2.99. The van der Waals surface area contributed by atoms with Gasteiger partial charge in [-0.15, -0.1) is 0 Å². The van der Waals surface area contributed by atoms with Crippen LogP contribution in [0.5, 0.6) is 0 Å². The van der Waals surface area contributed by atoms with Crippen molar-refractivity contribution in [2.45, 2.75) is 37.3 Å². The van der Waals surface area contributed by atoms with Gasteiger partial charge in [-0.3, -0.25) is 9.59 Å². The maximum Gasteiger partial charge on any atom is 0.416 e. The van der Waals surface area contributed by atoms with Crippen LogP contribution in [0.3, 0.4) is 0 Å². The summed E-state index contributed by atoms with van der Waals surface area (Å²) in [6.45, 7) is 0.686. The third-order valence-electron chi connectivity index (χ3n) is 6.62. The van der Waals surface area contributed by atoms with E-state index >= 15 is 0 Å². The number of nitriles is 1. The molecule has 0 aliphatic carbocycles. The van der Waals surface area contributed by atoms with Crippen molar-refractivity contribution in [2.24, 2.45) is 0 Å². The Balaban J connectivity index is 1.46. The lowest BCUT2D eigenvalue weighted by Gasteiger charge is -2.38. The lowest BCUT2D eigenvalue weighted by atomic mass is 9.73. The summed E-state index contributed by atoms with van der Waals surface area (Å²) in [6, 6.07) is 12.6. The number of alkyl halides is 3. The van der Waals surface area contributed by atoms with Crippen molar-refractivity contribution >= 4 is 17.5 Å². The van der Waals surface area contributed by atoms with Crippen molar-refractivity contribution in [1.29, 1.82) is 5.26 Å². The Labute approximate surface area is 184 Å². The third-order valence-corrected chi connectivity index (χ3v) is 6.62. The summed E-state index contributed by atoms with van der Waals surface area (Å²) in [6.07, 6.45) is -3.64. The third kappa shape index (κ3) is 3.62. The number of anilines is 1. The molecule has 1 fully saturated rings. The van der Waals surface area contributed by atoms with Crippen LogP contribution in [0.25, 0.3) is 0 Å². The Morgan fingerprint density at radius 1 is 1.16 bits per heavy atom.